The smallest absolute Gasteiger partial charge is 0.252 e. The van der Waals surface area contributed by atoms with Crippen LogP contribution in [-0.2, 0) is 16.4 Å². The van der Waals surface area contributed by atoms with E-state index in [9.17, 15) is 8.42 Å². The van der Waals surface area contributed by atoms with Crippen molar-refractivity contribution in [2.75, 3.05) is 13.1 Å². The van der Waals surface area contributed by atoms with E-state index in [1.807, 2.05) is 37.4 Å². The molecule has 1 aliphatic heterocycles. The third-order valence-corrected chi connectivity index (χ3v) is 8.25. The van der Waals surface area contributed by atoms with Crippen LogP contribution >= 0.6 is 11.3 Å². The standard InChI is InChI=1S/C19H20N2O2S2/c1-2-15-7-8-19(24-15)25(22,23)21-11-9-14(10-12-21)17-13-20-18-6-4-3-5-16(17)18/h3-9,13,20H,2,10-12H2,1H3. The number of hydrogen-bond donors (Lipinski definition) is 1. The second kappa shape index (κ2) is 6.44. The number of rotatable bonds is 4. The molecule has 0 saturated carbocycles. The van der Waals surface area contributed by atoms with Crippen molar-refractivity contribution in [1.29, 1.82) is 0 Å². The van der Waals surface area contributed by atoms with Gasteiger partial charge in [0.15, 0.2) is 0 Å². The summed E-state index contributed by atoms with van der Waals surface area (Å²) in [4.78, 5) is 4.39. The lowest BCUT2D eigenvalue weighted by Gasteiger charge is -2.25. The van der Waals surface area contributed by atoms with Gasteiger partial charge in [-0.2, -0.15) is 4.31 Å². The van der Waals surface area contributed by atoms with E-state index in [4.69, 9.17) is 0 Å². The highest BCUT2D eigenvalue weighted by Crippen LogP contribution is 2.32. The van der Waals surface area contributed by atoms with Crippen molar-refractivity contribution in [2.45, 2.75) is 24.0 Å². The van der Waals surface area contributed by atoms with Crippen molar-refractivity contribution >= 4 is 37.8 Å². The number of aryl methyl sites for hydroxylation is 1. The Bertz CT molecular complexity index is 1040. The molecule has 1 N–H and O–H groups in total. The molecule has 0 unspecified atom stereocenters. The van der Waals surface area contributed by atoms with E-state index in [2.05, 4.69) is 17.1 Å². The highest BCUT2D eigenvalue weighted by molar-refractivity contribution is 7.91. The van der Waals surface area contributed by atoms with Crippen LogP contribution in [0.25, 0.3) is 16.5 Å². The molecule has 0 fully saturated rings. The molecule has 0 aliphatic carbocycles. The van der Waals surface area contributed by atoms with Gasteiger partial charge < -0.3 is 4.98 Å². The number of aromatic nitrogens is 1. The van der Waals surface area contributed by atoms with Gasteiger partial charge in [0.05, 0.1) is 0 Å². The summed E-state index contributed by atoms with van der Waals surface area (Å²) in [5.74, 6) is 0. The summed E-state index contributed by atoms with van der Waals surface area (Å²) >= 11 is 1.38. The molecular weight excluding hydrogens is 352 g/mol. The Labute approximate surface area is 151 Å². The Kier molecular flexibility index (Phi) is 4.27. The first-order chi connectivity index (χ1) is 12.1. The van der Waals surface area contributed by atoms with Crippen LogP contribution in [-0.4, -0.2) is 30.8 Å². The molecule has 3 aromatic rings. The Morgan fingerprint density at radius 3 is 2.76 bits per heavy atom. The van der Waals surface area contributed by atoms with E-state index < -0.39 is 10.0 Å². The third-order valence-electron chi connectivity index (χ3n) is 4.69. The summed E-state index contributed by atoms with van der Waals surface area (Å²) in [6, 6.07) is 11.8. The predicted octanol–water partition coefficient (Wildman–Crippen LogP) is 4.27. The number of thiophene rings is 1. The Balaban J connectivity index is 1.59. The average molecular weight is 373 g/mol. The van der Waals surface area contributed by atoms with Crippen molar-refractivity contribution in [3.8, 4) is 0 Å². The van der Waals surface area contributed by atoms with Gasteiger partial charge in [-0.25, -0.2) is 8.42 Å². The van der Waals surface area contributed by atoms with Crippen LogP contribution in [0.5, 0.6) is 0 Å². The van der Waals surface area contributed by atoms with Crippen LogP contribution in [0.15, 0.2) is 52.9 Å². The summed E-state index contributed by atoms with van der Waals surface area (Å²) in [6.07, 6.45) is 5.66. The summed E-state index contributed by atoms with van der Waals surface area (Å²) in [6.45, 7) is 2.99. The fourth-order valence-corrected chi connectivity index (χ4v) is 6.10. The van der Waals surface area contributed by atoms with Gasteiger partial charge in [0, 0.05) is 40.6 Å². The summed E-state index contributed by atoms with van der Waals surface area (Å²) in [7, 11) is -3.39. The number of H-pyrrole nitrogens is 1. The molecule has 1 aromatic carbocycles. The van der Waals surface area contributed by atoms with Gasteiger partial charge in [0.1, 0.15) is 4.21 Å². The number of nitrogens with one attached hydrogen (secondary N) is 1. The highest BCUT2D eigenvalue weighted by Gasteiger charge is 2.28. The lowest BCUT2D eigenvalue weighted by molar-refractivity contribution is 0.443. The molecule has 0 atom stereocenters. The molecule has 0 amide bonds. The van der Waals surface area contributed by atoms with Crippen LogP contribution < -0.4 is 0 Å². The zero-order valence-corrected chi connectivity index (χ0v) is 15.7. The molecule has 1 aliphatic rings. The quantitative estimate of drug-likeness (QED) is 0.743. The second-order valence-electron chi connectivity index (χ2n) is 6.16. The van der Waals surface area contributed by atoms with E-state index in [1.54, 1.807) is 10.4 Å². The number of nitrogens with zero attached hydrogens (tertiary/aromatic N) is 1. The van der Waals surface area contributed by atoms with E-state index in [0.717, 1.165) is 23.2 Å². The van der Waals surface area contributed by atoms with Gasteiger partial charge in [-0.3, -0.25) is 0 Å². The zero-order chi connectivity index (χ0) is 17.4. The molecule has 130 valence electrons. The van der Waals surface area contributed by atoms with Crippen LogP contribution in [0.4, 0.5) is 0 Å². The topological polar surface area (TPSA) is 53.2 Å². The van der Waals surface area contributed by atoms with Crippen molar-refractivity contribution < 1.29 is 8.42 Å². The summed E-state index contributed by atoms with van der Waals surface area (Å²) in [5.41, 5.74) is 3.50. The average Bonchev–Trinajstić information content (AvgIpc) is 3.29. The number of para-hydroxylation sites is 1. The maximum Gasteiger partial charge on any atom is 0.252 e. The van der Waals surface area contributed by atoms with Gasteiger partial charge in [0.25, 0.3) is 10.0 Å². The molecule has 3 heterocycles. The van der Waals surface area contributed by atoms with Gasteiger partial charge in [-0.15, -0.1) is 11.3 Å². The van der Waals surface area contributed by atoms with Gasteiger partial charge in [-0.1, -0.05) is 31.2 Å². The maximum absolute atomic E-state index is 12.8. The molecule has 4 rings (SSSR count). The van der Waals surface area contributed by atoms with E-state index >= 15 is 0 Å². The third kappa shape index (κ3) is 2.94. The molecular formula is C19H20N2O2S2. The van der Waals surface area contributed by atoms with E-state index in [0.29, 0.717) is 17.3 Å². The van der Waals surface area contributed by atoms with Gasteiger partial charge in [0.2, 0.25) is 0 Å². The summed E-state index contributed by atoms with van der Waals surface area (Å²) < 4.78 is 27.7. The molecule has 0 radical (unpaired) electrons. The Morgan fingerprint density at radius 2 is 2.04 bits per heavy atom. The summed E-state index contributed by atoms with van der Waals surface area (Å²) in [5, 5.41) is 1.19. The van der Waals surface area contributed by atoms with E-state index in [1.165, 1.54) is 27.9 Å². The fraction of sp³-hybridized carbons (Fsp3) is 0.263. The molecule has 2 aromatic heterocycles. The Morgan fingerprint density at radius 1 is 1.20 bits per heavy atom. The minimum Gasteiger partial charge on any atom is -0.361 e. The van der Waals surface area contributed by atoms with Crippen molar-refractivity contribution in [2.24, 2.45) is 0 Å². The lowest BCUT2D eigenvalue weighted by atomic mass is 10.00. The van der Waals surface area contributed by atoms with Crippen LogP contribution in [0.2, 0.25) is 0 Å². The van der Waals surface area contributed by atoms with Crippen LogP contribution in [0.3, 0.4) is 0 Å². The minimum atomic E-state index is -3.39. The molecule has 25 heavy (non-hydrogen) atoms. The fourth-order valence-electron chi connectivity index (χ4n) is 3.26. The monoisotopic (exact) mass is 372 g/mol. The molecule has 0 spiro atoms. The van der Waals surface area contributed by atoms with E-state index in [-0.39, 0.29) is 0 Å². The Hall–Kier alpha value is -1.89. The number of sulfonamides is 1. The van der Waals surface area contributed by atoms with Crippen LogP contribution in [0, 0.1) is 0 Å². The van der Waals surface area contributed by atoms with Crippen molar-refractivity contribution in [3.05, 3.63) is 59.1 Å². The zero-order valence-electron chi connectivity index (χ0n) is 14.0. The normalized spacial score (nSPS) is 16.3. The minimum absolute atomic E-state index is 0.427. The largest absolute Gasteiger partial charge is 0.361 e. The first kappa shape index (κ1) is 16.6. The maximum atomic E-state index is 12.8. The number of fused-ring (bicyclic) bond motifs is 1. The number of aromatic amines is 1. The van der Waals surface area contributed by atoms with Crippen molar-refractivity contribution in [3.63, 3.8) is 0 Å². The van der Waals surface area contributed by atoms with Gasteiger partial charge in [-0.05, 0) is 36.6 Å². The first-order valence-electron chi connectivity index (χ1n) is 8.44. The molecule has 0 bridgehead atoms. The predicted molar refractivity (Wildman–Crippen MR) is 103 cm³/mol. The highest BCUT2D eigenvalue weighted by atomic mass is 32.2. The lowest BCUT2D eigenvalue weighted by Crippen LogP contribution is -2.34. The van der Waals surface area contributed by atoms with Gasteiger partial charge >= 0.3 is 0 Å². The number of benzene rings is 1. The SMILES string of the molecule is CCc1ccc(S(=O)(=O)N2CC=C(c3c[nH]c4ccccc34)CC2)s1. The van der Waals surface area contributed by atoms with Crippen LogP contribution in [0.1, 0.15) is 23.8 Å². The molecule has 0 saturated heterocycles. The second-order valence-corrected chi connectivity index (χ2v) is 9.50. The van der Waals surface area contributed by atoms with Crippen molar-refractivity contribution in [1.82, 2.24) is 9.29 Å². The molecule has 4 nitrogen and oxygen atoms in total. The number of hydrogen-bond acceptors (Lipinski definition) is 3. The molecule has 6 heteroatoms. The first-order valence-corrected chi connectivity index (χ1v) is 10.7.